The Morgan fingerprint density at radius 2 is 2.05 bits per heavy atom. The number of hydrogen-bond acceptors (Lipinski definition) is 3. The Morgan fingerprint density at radius 1 is 1.32 bits per heavy atom. The van der Waals surface area contributed by atoms with Gasteiger partial charge in [0.15, 0.2) is 0 Å². The normalized spacial score (nSPS) is 12.3. The van der Waals surface area contributed by atoms with Crippen LogP contribution in [0.25, 0.3) is 10.8 Å². The first kappa shape index (κ1) is 13.7. The molecule has 0 aliphatic heterocycles. The topological polar surface area (TPSA) is 49.3 Å². The molecule has 19 heavy (non-hydrogen) atoms. The number of benzene rings is 2. The number of rotatable bonds is 4. The zero-order chi connectivity index (χ0) is 13.8. The molecule has 0 bridgehead atoms. The maximum absolute atomic E-state index is 12.0. The number of hydrogen-bond donors (Lipinski definition) is 2. The van der Waals surface area contributed by atoms with Crippen LogP contribution in [-0.4, -0.2) is 29.1 Å². The highest BCUT2D eigenvalue weighted by Crippen LogP contribution is 2.28. The fourth-order valence-corrected chi connectivity index (χ4v) is 2.10. The molecule has 4 heteroatoms. The highest BCUT2D eigenvalue weighted by Gasteiger charge is 2.13. The van der Waals surface area contributed by atoms with Gasteiger partial charge in [0.25, 0.3) is 5.91 Å². The smallest absolute Gasteiger partial charge is 0.255 e. The molecular formula is C15H17NO2S. The van der Waals surface area contributed by atoms with Crippen LogP contribution in [0, 0.1) is 0 Å². The van der Waals surface area contributed by atoms with E-state index in [-0.39, 0.29) is 11.7 Å². The van der Waals surface area contributed by atoms with Gasteiger partial charge in [0.1, 0.15) is 5.75 Å². The van der Waals surface area contributed by atoms with E-state index in [1.54, 1.807) is 17.8 Å². The Bertz CT molecular complexity index is 598. The van der Waals surface area contributed by atoms with Crippen molar-refractivity contribution in [3.05, 3.63) is 42.0 Å². The van der Waals surface area contributed by atoms with Crippen molar-refractivity contribution in [2.75, 3.05) is 12.8 Å². The molecule has 1 amide bonds. The molecule has 2 rings (SSSR count). The van der Waals surface area contributed by atoms with Gasteiger partial charge in [-0.15, -0.1) is 0 Å². The van der Waals surface area contributed by atoms with Crippen molar-refractivity contribution >= 4 is 28.4 Å². The Balaban J connectivity index is 2.25. The fourth-order valence-electron chi connectivity index (χ4n) is 1.85. The van der Waals surface area contributed by atoms with Gasteiger partial charge in [0.05, 0.1) is 5.56 Å². The van der Waals surface area contributed by atoms with Gasteiger partial charge in [0, 0.05) is 17.2 Å². The van der Waals surface area contributed by atoms with Gasteiger partial charge >= 0.3 is 0 Å². The van der Waals surface area contributed by atoms with E-state index in [2.05, 4.69) is 5.32 Å². The molecule has 0 aliphatic carbocycles. The summed E-state index contributed by atoms with van der Waals surface area (Å²) in [5.74, 6) is -0.184. The van der Waals surface area contributed by atoms with Crippen molar-refractivity contribution in [2.24, 2.45) is 0 Å². The summed E-state index contributed by atoms with van der Waals surface area (Å²) in [5.41, 5.74) is 0.326. The predicted octanol–water partition coefficient (Wildman–Crippen LogP) is 3.03. The Morgan fingerprint density at radius 3 is 2.79 bits per heavy atom. The molecule has 0 saturated heterocycles. The third-order valence-corrected chi connectivity index (χ3v) is 4.07. The van der Waals surface area contributed by atoms with E-state index >= 15 is 0 Å². The van der Waals surface area contributed by atoms with Crippen LogP contribution in [-0.2, 0) is 0 Å². The maximum atomic E-state index is 12.0. The van der Waals surface area contributed by atoms with Gasteiger partial charge in [-0.3, -0.25) is 4.79 Å². The summed E-state index contributed by atoms with van der Waals surface area (Å²) in [4.78, 5) is 12.0. The van der Waals surface area contributed by atoms with E-state index in [4.69, 9.17) is 0 Å². The highest BCUT2D eigenvalue weighted by atomic mass is 32.2. The second-order valence-corrected chi connectivity index (χ2v) is 5.72. The summed E-state index contributed by atoms with van der Waals surface area (Å²) in [6.45, 7) is 2.64. The Labute approximate surface area is 117 Å². The first-order valence-corrected chi connectivity index (χ1v) is 7.44. The largest absolute Gasteiger partial charge is 0.506 e. The number of phenols is 1. The minimum atomic E-state index is -0.232. The number of fused-ring (bicyclic) bond motifs is 1. The lowest BCUT2D eigenvalue weighted by atomic mass is 10.0. The summed E-state index contributed by atoms with van der Waals surface area (Å²) in [6.07, 6.45) is 2.00. The van der Waals surface area contributed by atoms with Crippen LogP contribution in [0.3, 0.4) is 0 Å². The quantitative estimate of drug-likeness (QED) is 0.901. The average Bonchev–Trinajstić information content (AvgIpc) is 2.45. The van der Waals surface area contributed by atoms with Crippen molar-refractivity contribution < 1.29 is 9.90 Å². The third-order valence-electron chi connectivity index (χ3n) is 3.10. The van der Waals surface area contributed by atoms with Crippen LogP contribution in [0.15, 0.2) is 36.4 Å². The average molecular weight is 275 g/mol. The standard InChI is InChI=1S/C15H17NO2S/c1-10(19-2)9-16-15(18)13-8-7-11-5-3-4-6-12(11)14(13)17/h3-8,10,17H,9H2,1-2H3,(H,16,18). The van der Waals surface area contributed by atoms with E-state index in [1.807, 2.05) is 43.5 Å². The van der Waals surface area contributed by atoms with Gasteiger partial charge in [-0.25, -0.2) is 0 Å². The molecular weight excluding hydrogens is 258 g/mol. The monoisotopic (exact) mass is 275 g/mol. The molecule has 0 heterocycles. The summed E-state index contributed by atoms with van der Waals surface area (Å²) in [7, 11) is 0. The van der Waals surface area contributed by atoms with Gasteiger partial charge in [-0.05, 0) is 17.7 Å². The Hall–Kier alpha value is -1.68. The van der Waals surface area contributed by atoms with Gasteiger partial charge in [-0.1, -0.05) is 37.3 Å². The van der Waals surface area contributed by atoms with Gasteiger partial charge in [0.2, 0.25) is 0 Å². The molecule has 0 fully saturated rings. The minimum absolute atomic E-state index is 0.0485. The van der Waals surface area contributed by atoms with Crippen molar-refractivity contribution in [2.45, 2.75) is 12.2 Å². The summed E-state index contributed by atoms with van der Waals surface area (Å²) in [5, 5.41) is 15.0. The lowest BCUT2D eigenvalue weighted by Crippen LogP contribution is -2.29. The molecule has 100 valence electrons. The number of phenolic OH excluding ortho intramolecular Hbond substituents is 1. The van der Waals surface area contributed by atoms with Gasteiger partial charge < -0.3 is 10.4 Å². The summed E-state index contributed by atoms with van der Waals surface area (Å²) >= 11 is 1.69. The molecule has 1 unspecified atom stereocenters. The maximum Gasteiger partial charge on any atom is 0.255 e. The van der Waals surface area contributed by atoms with Crippen molar-refractivity contribution in [1.82, 2.24) is 5.32 Å². The third kappa shape index (κ3) is 3.01. The number of aromatic hydroxyl groups is 1. The van der Waals surface area contributed by atoms with Crippen LogP contribution in [0.4, 0.5) is 0 Å². The van der Waals surface area contributed by atoms with Crippen molar-refractivity contribution in [1.29, 1.82) is 0 Å². The van der Waals surface area contributed by atoms with Crippen molar-refractivity contribution in [3.8, 4) is 5.75 Å². The molecule has 0 aliphatic rings. The Kier molecular flexibility index (Phi) is 4.32. The van der Waals surface area contributed by atoms with E-state index in [1.165, 1.54) is 0 Å². The molecule has 3 nitrogen and oxygen atoms in total. The summed E-state index contributed by atoms with van der Waals surface area (Å²) < 4.78 is 0. The molecule has 2 aromatic carbocycles. The molecule has 2 N–H and O–H groups in total. The zero-order valence-electron chi connectivity index (χ0n) is 11.0. The van der Waals surface area contributed by atoms with E-state index < -0.39 is 0 Å². The van der Waals surface area contributed by atoms with Crippen LogP contribution >= 0.6 is 11.8 Å². The SMILES string of the molecule is CSC(C)CNC(=O)c1ccc2ccccc2c1O. The van der Waals surface area contributed by atoms with E-state index in [0.29, 0.717) is 22.7 Å². The predicted molar refractivity (Wildman–Crippen MR) is 80.9 cm³/mol. The number of nitrogens with one attached hydrogen (secondary N) is 1. The van der Waals surface area contributed by atoms with Gasteiger partial charge in [-0.2, -0.15) is 11.8 Å². The zero-order valence-corrected chi connectivity index (χ0v) is 11.8. The number of carbonyl (C=O) groups is 1. The van der Waals surface area contributed by atoms with E-state index in [0.717, 1.165) is 5.39 Å². The molecule has 2 aromatic rings. The number of carbonyl (C=O) groups excluding carboxylic acids is 1. The second kappa shape index (κ2) is 5.97. The number of thioether (sulfide) groups is 1. The molecule has 0 spiro atoms. The van der Waals surface area contributed by atoms with Crippen LogP contribution in [0.2, 0.25) is 0 Å². The van der Waals surface area contributed by atoms with Crippen LogP contribution in [0.1, 0.15) is 17.3 Å². The first-order valence-electron chi connectivity index (χ1n) is 6.15. The molecule has 1 atom stereocenters. The molecule has 0 saturated carbocycles. The summed E-state index contributed by atoms with van der Waals surface area (Å²) in [6, 6.07) is 11.0. The van der Waals surface area contributed by atoms with Crippen molar-refractivity contribution in [3.63, 3.8) is 0 Å². The van der Waals surface area contributed by atoms with E-state index in [9.17, 15) is 9.90 Å². The van der Waals surface area contributed by atoms with Crippen LogP contribution in [0.5, 0.6) is 5.75 Å². The fraction of sp³-hybridized carbons (Fsp3) is 0.267. The number of amides is 1. The lowest BCUT2D eigenvalue weighted by molar-refractivity contribution is 0.0952. The first-order chi connectivity index (χ1) is 9.13. The minimum Gasteiger partial charge on any atom is -0.506 e. The lowest BCUT2D eigenvalue weighted by Gasteiger charge is -2.11. The highest BCUT2D eigenvalue weighted by molar-refractivity contribution is 7.99. The van der Waals surface area contributed by atoms with Crippen LogP contribution < -0.4 is 5.32 Å². The second-order valence-electron chi connectivity index (χ2n) is 4.44. The molecule has 0 radical (unpaired) electrons. The molecule has 0 aromatic heterocycles.